The summed E-state index contributed by atoms with van der Waals surface area (Å²) in [5.41, 5.74) is 4.26. The second kappa shape index (κ2) is 7.03. The third-order valence-corrected chi connectivity index (χ3v) is 5.28. The fourth-order valence-electron chi connectivity index (χ4n) is 3.70. The summed E-state index contributed by atoms with van der Waals surface area (Å²) in [6.07, 6.45) is 0.780. The minimum absolute atomic E-state index is 0.0518. The average molecular weight is 378 g/mol. The SMILES string of the molecule is COc1ccc(C(=O)N2CCc3cc4cc(C)c(=O)[nH]c4cc3C2)cc1OC. The van der Waals surface area contributed by atoms with Crippen LogP contribution in [0.15, 0.2) is 41.2 Å². The van der Waals surface area contributed by atoms with E-state index in [4.69, 9.17) is 9.47 Å². The maximum absolute atomic E-state index is 13.0. The van der Waals surface area contributed by atoms with Crippen molar-refractivity contribution in [2.75, 3.05) is 20.8 Å². The maximum atomic E-state index is 13.0. The van der Waals surface area contributed by atoms with Gasteiger partial charge in [0.1, 0.15) is 0 Å². The van der Waals surface area contributed by atoms with Crippen molar-refractivity contribution in [2.45, 2.75) is 19.9 Å². The van der Waals surface area contributed by atoms with Gasteiger partial charge in [0.05, 0.1) is 14.2 Å². The number of nitrogens with one attached hydrogen (secondary N) is 1. The van der Waals surface area contributed by atoms with Crippen molar-refractivity contribution in [3.05, 3.63) is 69.0 Å². The molecule has 1 aromatic heterocycles. The highest BCUT2D eigenvalue weighted by molar-refractivity contribution is 5.95. The standard InChI is InChI=1S/C22H22N2O4/c1-13-8-16-9-14-6-7-24(12-17(14)10-18(16)23-21(13)25)22(26)15-4-5-19(27-2)20(11-15)28-3/h4-5,8-11H,6-7,12H2,1-3H3,(H,23,25). The lowest BCUT2D eigenvalue weighted by Gasteiger charge is -2.29. The van der Waals surface area contributed by atoms with Crippen LogP contribution in [0.1, 0.15) is 27.0 Å². The van der Waals surface area contributed by atoms with Gasteiger partial charge in [-0.2, -0.15) is 0 Å². The summed E-state index contributed by atoms with van der Waals surface area (Å²) >= 11 is 0. The highest BCUT2D eigenvalue weighted by Crippen LogP contribution is 2.29. The number of aromatic amines is 1. The lowest BCUT2D eigenvalue weighted by molar-refractivity contribution is 0.0734. The highest BCUT2D eigenvalue weighted by atomic mass is 16.5. The third-order valence-electron chi connectivity index (χ3n) is 5.28. The summed E-state index contributed by atoms with van der Waals surface area (Å²) in [7, 11) is 3.12. The van der Waals surface area contributed by atoms with Crippen LogP contribution in [0.2, 0.25) is 0 Å². The minimum atomic E-state index is -0.0819. The average Bonchev–Trinajstić information content (AvgIpc) is 2.71. The summed E-state index contributed by atoms with van der Waals surface area (Å²) in [4.78, 5) is 29.7. The molecule has 1 aliphatic rings. The number of fused-ring (bicyclic) bond motifs is 2. The van der Waals surface area contributed by atoms with E-state index in [1.165, 1.54) is 5.56 Å². The lowest BCUT2D eigenvalue weighted by atomic mass is 9.96. The number of aryl methyl sites for hydroxylation is 1. The first-order valence-corrected chi connectivity index (χ1v) is 9.17. The Hall–Kier alpha value is -3.28. The monoisotopic (exact) mass is 378 g/mol. The molecule has 0 bridgehead atoms. The van der Waals surface area contributed by atoms with Gasteiger partial charge in [-0.3, -0.25) is 9.59 Å². The number of benzene rings is 2. The summed E-state index contributed by atoms with van der Waals surface area (Å²) in [6.45, 7) is 2.96. The van der Waals surface area contributed by atoms with Gasteiger partial charge in [-0.05, 0) is 66.3 Å². The van der Waals surface area contributed by atoms with Gasteiger partial charge >= 0.3 is 0 Å². The number of carbonyl (C=O) groups excluding carboxylic acids is 1. The van der Waals surface area contributed by atoms with Crippen LogP contribution in [0.5, 0.6) is 11.5 Å². The van der Waals surface area contributed by atoms with E-state index in [0.717, 1.165) is 22.9 Å². The van der Waals surface area contributed by atoms with Gasteiger partial charge in [0.2, 0.25) is 0 Å². The van der Waals surface area contributed by atoms with Crippen LogP contribution >= 0.6 is 0 Å². The Bertz CT molecular complexity index is 1130. The van der Waals surface area contributed by atoms with E-state index in [-0.39, 0.29) is 11.5 Å². The molecule has 0 fully saturated rings. The molecule has 2 aromatic carbocycles. The molecule has 2 heterocycles. The molecule has 6 nitrogen and oxygen atoms in total. The molecule has 0 aliphatic carbocycles. The Kier molecular flexibility index (Phi) is 4.55. The molecule has 1 amide bonds. The van der Waals surface area contributed by atoms with Crippen LogP contribution in [0, 0.1) is 6.92 Å². The Morgan fingerprint density at radius 3 is 2.57 bits per heavy atom. The Balaban J connectivity index is 1.64. The molecule has 0 saturated heterocycles. The topological polar surface area (TPSA) is 71.6 Å². The van der Waals surface area contributed by atoms with Crippen molar-refractivity contribution < 1.29 is 14.3 Å². The third kappa shape index (κ3) is 3.11. The van der Waals surface area contributed by atoms with E-state index in [2.05, 4.69) is 11.1 Å². The van der Waals surface area contributed by atoms with Crippen LogP contribution in [0.25, 0.3) is 10.9 Å². The number of nitrogens with zero attached hydrogens (tertiary/aromatic N) is 1. The fourth-order valence-corrected chi connectivity index (χ4v) is 3.70. The van der Waals surface area contributed by atoms with Crippen molar-refractivity contribution >= 4 is 16.8 Å². The first-order chi connectivity index (χ1) is 13.5. The predicted octanol–water partition coefficient (Wildman–Crippen LogP) is 3.05. The number of hydrogen-bond donors (Lipinski definition) is 1. The molecule has 0 unspecified atom stereocenters. The molecule has 28 heavy (non-hydrogen) atoms. The molecular formula is C22H22N2O4. The molecule has 0 radical (unpaired) electrons. The van der Waals surface area contributed by atoms with E-state index < -0.39 is 0 Å². The molecular weight excluding hydrogens is 356 g/mol. The Morgan fingerprint density at radius 1 is 1.04 bits per heavy atom. The molecule has 1 N–H and O–H groups in total. The van der Waals surface area contributed by atoms with Crippen molar-refractivity contribution in [1.82, 2.24) is 9.88 Å². The Morgan fingerprint density at radius 2 is 1.82 bits per heavy atom. The minimum Gasteiger partial charge on any atom is -0.493 e. The summed E-state index contributed by atoms with van der Waals surface area (Å²) < 4.78 is 10.6. The maximum Gasteiger partial charge on any atom is 0.254 e. The number of ether oxygens (including phenoxy) is 2. The van der Waals surface area contributed by atoms with Crippen LogP contribution < -0.4 is 15.0 Å². The number of amides is 1. The van der Waals surface area contributed by atoms with Gasteiger partial charge in [0.25, 0.3) is 11.5 Å². The van der Waals surface area contributed by atoms with Crippen LogP contribution in [-0.4, -0.2) is 36.6 Å². The number of H-pyrrole nitrogens is 1. The van der Waals surface area contributed by atoms with Gasteiger partial charge in [-0.15, -0.1) is 0 Å². The van der Waals surface area contributed by atoms with Gasteiger partial charge in [0, 0.05) is 29.7 Å². The molecule has 144 valence electrons. The van der Waals surface area contributed by atoms with Crippen molar-refractivity contribution in [1.29, 1.82) is 0 Å². The Labute approximate surface area is 162 Å². The normalized spacial score (nSPS) is 13.3. The quantitative estimate of drug-likeness (QED) is 0.760. The number of aromatic nitrogens is 1. The summed E-state index contributed by atoms with van der Waals surface area (Å²) in [5.74, 6) is 1.07. The van der Waals surface area contributed by atoms with Crippen molar-refractivity contribution in [2.24, 2.45) is 0 Å². The number of methoxy groups -OCH3 is 2. The largest absolute Gasteiger partial charge is 0.493 e. The first-order valence-electron chi connectivity index (χ1n) is 9.17. The van der Waals surface area contributed by atoms with Crippen LogP contribution in [-0.2, 0) is 13.0 Å². The predicted molar refractivity (Wildman–Crippen MR) is 107 cm³/mol. The summed E-state index contributed by atoms with van der Waals surface area (Å²) in [5, 5.41) is 1.02. The van der Waals surface area contributed by atoms with Crippen molar-refractivity contribution in [3.8, 4) is 11.5 Å². The molecule has 3 aromatic rings. The van der Waals surface area contributed by atoms with E-state index in [9.17, 15) is 9.59 Å². The molecule has 0 saturated carbocycles. The van der Waals surface area contributed by atoms with E-state index >= 15 is 0 Å². The molecule has 0 spiro atoms. The van der Waals surface area contributed by atoms with Gasteiger partial charge in [-0.1, -0.05) is 0 Å². The van der Waals surface area contributed by atoms with Gasteiger partial charge in [-0.25, -0.2) is 0 Å². The van der Waals surface area contributed by atoms with Gasteiger partial charge in [0.15, 0.2) is 11.5 Å². The van der Waals surface area contributed by atoms with E-state index in [1.54, 1.807) is 39.3 Å². The lowest BCUT2D eigenvalue weighted by Crippen LogP contribution is -2.36. The number of rotatable bonds is 3. The first kappa shape index (κ1) is 18.1. The second-order valence-corrected chi connectivity index (χ2v) is 7.04. The molecule has 6 heteroatoms. The van der Waals surface area contributed by atoms with Crippen LogP contribution in [0.4, 0.5) is 0 Å². The second-order valence-electron chi connectivity index (χ2n) is 7.04. The van der Waals surface area contributed by atoms with Crippen molar-refractivity contribution in [3.63, 3.8) is 0 Å². The van der Waals surface area contributed by atoms with Gasteiger partial charge < -0.3 is 19.4 Å². The molecule has 1 aliphatic heterocycles. The number of carbonyl (C=O) groups is 1. The smallest absolute Gasteiger partial charge is 0.254 e. The highest BCUT2D eigenvalue weighted by Gasteiger charge is 2.23. The van der Waals surface area contributed by atoms with Crippen LogP contribution in [0.3, 0.4) is 0 Å². The fraction of sp³-hybridized carbons (Fsp3) is 0.273. The zero-order valence-electron chi connectivity index (χ0n) is 16.2. The van der Waals surface area contributed by atoms with E-state index in [0.29, 0.717) is 35.7 Å². The zero-order valence-corrected chi connectivity index (χ0v) is 16.2. The number of pyridine rings is 1. The summed E-state index contributed by atoms with van der Waals surface area (Å²) in [6, 6.07) is 11.2. The molecule has 0 atom stereocenters. The van der Waals surface area contributed by atoms with E-state index in [1.807, 2.05) is 17.0 Å². The zero-order chi connectivity index (χ0) is 19.8. The number of hydrogen-bond acceptors (Lipinski definition) is 4. The molecule has 4 rings (SSSR count).